The van der Waals surface area contributed by atoms with Crippen molar-refractivity contribution in [3.05, 3.63) is 24.3 Å². The van der Waals surface area contributed by atoms with E-state index in [1.807, 2.05) is 24.3 Å². The average molecular weight is 312 g/mol. The van der Waals surface area contributed by atoms with Gasteiger partial charge in [0.15, 0.2) is 0 Å². The van der Waals surface area contributed by atoms with Gasteiger partial charge in [-0.1, -0.05) is 0 Å². The molecule has 124 valence electrons. The van der Waals surface area contributed by atoms with E-state index in [0.29, 0.717) is 26.4 Å². The molecule has 1 atom stereocenters. The van der Waals surface area contributed by atoms with Crippen LogP contribution >= 0.6 is 0 Å². The fourth-order valence-corrected chi connectivity index (χ4v) is 2.37. The van der Waals surface area contributed by atoms with Crippen molar-refractivity contribution >= 4 is 0 Å². The maximum absolute atomic E-state index is 9.93. The first-order valence-corrected chi connectivity index (χ1v) is 7.72. The van der Waals surface area contributed by atoms with Gasteiger partial charge in [0.2, 0.25) is 0 Å². The summed E-state index contributed by atoms with van der Waals surface area (Å²) in [6, 6.07) is 7.42. The maximum atomic E-state index is 9.93. The molecule has 0 aromatic heterocycles. The summed E-state index contributed by atoms with van der Waals surface area (Å²) in [4.78, 5) is 1.37. The molecule has 1 aliphatic heterocycles. The van der Waals surface area contributed by atoms with E-state index >= 15 is 0 Å². The van der Waals surface area contributed by atoms with E-state index in [9.17, 15) is 5.11 Å². The van der Waals surface area contributed by atoms with Crippen molar-refractivity contribution < 1.29 is 29.0 Å². The first-order chi connectivity index (χ1) is 10.8. The summed E-state index contributed by atoms with van der Waals surface area (Å²) in [5.41, 5.74) is 0. The molecule has 0 amide bonds. The zero-order valence-electron chi connectivity index (χ0n) is 13.1. The van der Waals surface area contributed by atoms with Gasteiger partial charge in [-0.15, -0.1) is 0 Å². The molecule has 6 nitrogen and oxygen atoms in total. The molecule has 0 radical (unpaired) electrons. The third-order valence-corrected chi connectivity index (χ3v) is 3.59. The number of morpholine rings is 1. The predicted octanol–water partition coefficient (Wildman–Crippen LogP) is -0.633. The Labute approximate surface area is 131 Å². The molecule has 1 saturated heterocycles. The van der Waals surface area contributed by atoms with E-state index in [1.165, 1.54) is 4.90 Å². The topological polar surface area (TPSA) is 61.6 Å². The van der Waals surface area contributed by atoms with Gasteiger partial charge in [0.25, 0.3) is 0 Å². The van der Waals surface area contributed by atoms with Crippen LogP contribution in [0.5, 0.6) is 11.5 Å². The van der Waals surface area contributed by atoms with Crippen molar-refractivity contribution in [1.82, 2.24) is 0 Å². The predicted molar refractivity (Wildman–Crippen MR) is 81.7 cm³/mol. The van der Waals surface area contributed by atoms with Crippen LogP contribution in [0.25, 0.3) is 0 Å². The molecule has 22 heavy (non-hydrogen) atoms. The highest BCUT2D eigenvalue weighted by Gasteiger charge is 2.18. The number of aliphatic hydroxyl groups is 1. The van der Waals surface area contributed by atoms with Crippen LogP contribution in [0.3, 0.4) is 0 Å². The van der Waals surface area contributed by atoms with Crippen molar-refractivity contribution in [3.8, 4) is 11.5 Å². The molecule has 0 aliphatic carbocycles. The van der Waals surface area contributed by atoms with Gasteiger partial charge in [0.05, 0.1) is 33.5 Å². The lowest BCUT2D eigenvalue weighted by molar-refractivity contribution is -0.911. The molecule has 1 fully saturated rings. The zero-order chi connectivity index (χ0) is 15.6. The molecular weight excluding hydrogens is 286 g/mol. The molecule has 1 aromatic rings. The number of benzene rings is 1. The lowest BCUT2D eigenvalue weighted by Crippen LogP contribution is -3.15. The second-order valence-electron chi connectivity index (χ2n) is 5.32. The fourth-order valence-electron chi connectivity index (χ4n) is 2.37. The van der Waals surface area contributed by atoms with Crippen molar-refractivity contribution in [2.24, 2.45) is 0 Å². The van der Waals surface area contributed by atoms with Crippen LogP contribution < -0.4 is 14.4 Å². The maximum Gasteiger partial charge on any atom is 0.126 e. The highest BCUT2D eigenvalue weighted by Crippen LogP contribution is 2.16. The summed E-state index contributed by atoms with van der Waals surface area (Å²) < 4.78 is 21.4. The van der Waals surface area contributed by atoms with E-state index in [1.54, 1.807) is 7.11 Å². The number of rotatable bonds is 9. The Balaban J connectivity index is 1.52. The molecule has 6 heteroatoms. The van der Waals surface area contributed by atoms with Gasteiger partial charge in [-0.3, -0.25) is 0 Å². The minimum absolute atomic E-state index is 0.344. The van der Waals surface area contributed by atoms with Gasteiger partial charge in [-0.25, -0.2) is 0 Å². The Morgan fingerprint density at radius 1 is 1.14 bits per heavy atom. The molecule has 1 aliphatic rings. The smallest absolute Gasteiger partial charge is 0.126 e. The van der Waals surface area contributed by atoms with Crippen LogP contribution in [-0.2, 0) is 9.47 Å². The molecule has 2 rings (SSSR count). The monoisotopic (exact) mass is 312 g/mol. The Morgan fingerprint density at radius 2 is 1.82 bits per heavy atom. The van der Waals surface area contributed by atoms with Gasteiger partial charge < -0.3 is 29.0 Å². The number of nitrogens with one attached hydrogen (secondary N) is 1. The molecule has 2 N–H and O–H groups in total. The first kappa shape index (κ1) is 17.0. The summed E-state index contributed by atoms with van der Waals surface area (Å²) in [5, 5.41) is 9.93. The van der Waals surface area contributed by atoms with Gasteiger partial charge in [0.1, 0.15) is 43.8 Å². The van der Waals surface area contributed by atoms with Gasteiger partial charge in [-0.2, -0.15) is 0 Å². The minimum atomic E-state index is -0.436. The second-order valence-corrected chi connectivity index (χ2v) is 5.32. The summed E-state index contributed by atoms with van der Waals surface area (Å²) in [6.45, 7) is 5.44. The molecule has 0 spiro atoms. The summed E-state index contributed by atoms with van der Waals surface area (Å²) in [5.74, 6) is 1.58. The van der Waals surface area contributed by atoms with Crippen molar-refractivity contribution in [2.45, 2.75) is 6.10 Å². The number of aliphatic hydroxyl groups excluding tert-OH is 1. The summed E-state index contributed by atoms with van der Waals surface area (Å²) in [6.07, 6.45) is -0.436. The largest absolute Gasteiger partial charge is 0.497 e. The molecule has 0 saturated carbocycles. The van der Waals surface area contributed by atoms with Crippen LogP contribution in [0.2, 0.25) is 0 Å². The highest BCUT2D eigenvalue weighted by atomic mass is 16.5. The van der Waals surface area contributed by atoms with E-state index in [4.69, 9.17) is 18.9 Å². The highest BCUT2D eigenvalue weighted by molar-refractivity contribution is 5.31. The third-order valence-electron chi connectivity index (χ3n) is 3.59. The van der Waals surface area contributed by atoms with E-state index in [0.717, 1.165) is 37.8 Å². The normalized spacial score (nSPS) is 17.2. The van der Waals surface area contributed by atoms with Crippen molar-refractivity contribution in [3.63, 3.8) is 0 Å². The Hall–Kier alpha value is -1.34. The van der Waals surface area contributed by atoms with E-state index < -0.39 is 6.10 Å². The summed E-state index contributed by atoms with van der Waals surface area (Å²) in [7, 11) is 1.63. The molecule has 1 unspecified atom stereocenters. The number of methoxy groups -OCH3 is 1. The van der Waals surface area contributed by atoms with Crippen LogP contribution in [0.15, 0.2) is 24.3 Å². The molecular formula is C16H26NO5+. The first-order valence-electron chi connectivity index (χ1n) is 7.72. The second kappa shape index (κ2) is 9.63. The van der Waals surface area contributed by atoms with Crippen LogP contribution in [-0.4, -0.2) is 71.0 Å². The van der Waals surface area contributed by atoms with Crippen LogP contribution in [0.4, 0.5) is 0 Å². The number of hydrogen-bond donors (Lipinski definition) is 2. The lowest BCUT2D eigenvalue weighted by atomic mass is 10.3. The van der Waals surface area contributed by atoms with Crippen LogP contribution in [0, 0.1) is 0 Å². The number of hydrogen-bond acceptors (Lipinski definition) is 5. The van der Waals surface area contributed by atoms with E-state index in [2.05, 4.69) is 0 Å². The standard InChI is InChI=1S/C16H25NO5/c1-19-15-2-4-16(5-3-15)22-11-10-21-13-14(18)12-17-6-8-20-9-7-17/h2-5,14,18H,6-13H2,1H3/p+1. The van der Waals surface area contributed by atoms with Crippen molar-refractivity contribution in [1.29, 1.82) is 0 Å². The SMILES string of the molecule is COc1ccc(OCCOCC(O)C[NH+]2CCOCC2)cc1. The van der Waals surface area contributed by atoms with Gasteiger partial charge >= 0.3 is 0 Å². The summed E-state index contributed by atoms with van der Waals surface area (Å²) >= 11 is 0. The average Bonchev–Trinajstić information content (AvgIpc) is 2.56. The quantitative estimate of drug-likeness (QED) is 0.595. The zero-order valence-corrected chi connectivity index (χ0v) is 13.1. The Kier molecular flexibility index (Phi) is 7.45. The Morgan fingerprint density at radius 3 is 2.50 bits per heavy atom. The minimum Gasteiger partial charge on any atom is -0.497 e. The number of ether oxygens (including phenoxy) is 4. The van der Waals surface area contributed by atoms with Crippen molar-refractivity contribution in [2.75, 3.05) is 59.8 Å². The van der Waals surface area contributed by atoms with Gasteiger partial charge in [-0.05, 0) is 24.3 Å². The van der Waals surface area contributed by atoms with E-state index in [-0.39, 0.29) is 0 Å². The Bertz CT molecular complexity index is 406. The molecule has 0 bridgehead atoms. The fraction of sp³-hybridized carbons (Fsp3) is 0.625. The lowest BCUT2D eigenvalue weighted by Gasteiger charge is -2.25. The third kappa shape index (κ3) is 6.19. The van der Waals surface area contributed by atoms with Gasteiger partial charge in [0, 0.05) is 0 Å². The molecule has 1 aromatic carbocycles. The van der Waals surface area contributed by atoms with Crippen LogP contribution in [0.1, 0.15) is 0 Å². The molecule has 1 heterocycles. The number of quaternary nitrogens is 1.